The molecule has 0 saturated heterocycles. The van der Waals surface area contributed by atoms with E-state index in [0.29, 0.717) is 18.8 Å². The van der Waals surface area contributed by atoms with Crippen molar-refractivity contribution in [2.75, 3.05) is 17.6 Å². The summed E-state index contributed by atoms with van der Waals surface area (Å²) in [7, 11) is -3.22. The first-order valence-electron chi connectivity index (χ1n) is 7.95. The Labute approximate surface area is 142 Å². The van der Waals surface area contributed by atoms with Gasteiger partial charge in [-0.05, 0) is 41.8 Å². The largest absolute Gasteiger partial charge is 0.322 e. The maximum Gasteiger partial charge on any atom is 0.322 e. The van der Waals surface area contributed by atoms with Crippen molar-refractivity contribution in [3.05, 3.63) is 59.7 Å². The molecule has 0 bridgehead atoms. The van der Waals surface area contributed by atoms with Gasteiger partial charge in [-0.1, -0.05) is 31.2 Å². The lowest BCUT2D eigenvalue weighted by atomic mass is 10.0. The third kappa shape index (κ3) is 3.43. The molecule has 2 aromatic rings. The van der Waals surface area contributed by atoms with Crippen LogP contribution in [0, 0.1) is 0 Å². The Morgan fingerprint density at radius 3 is 2.42 bits per heavy atom. The fraction of sp³-hybridized carbons (Fsp3) is 0.278. The Morgan fingerprint density at radius 1 is 1.08 bits per heavy atom. The number of hydrogen-bond donors (Lipinski definition) is 1. The number of nitrogens with zero attached hydrogens (tertiary/aromatic N) is 1. The van der Waals surface area contributed by atoms with Crippen LogP contribution in [0.3, 0.4) is 0 Å². The number of carbonyl (C=O) groups is 1. The van der Waals surface area contributed by atoms with Gasteiger partial charge < -0.3 is 10.2 Å². The van der Waals surface area contributed by atoms with Crippen LogP contribution in [-0.4, -0.2) is 31.6 Å². The summed E-state index contributed by atoms with van der Waals surface area (Å²) < 4.78 is 23.6. The minimum Gasteiger partial charge on any atom is -0.320 e. The molecule has 126 valence electrons. The summed E-state index contributed by atoms with van der Waals surface area (Å²) in [6, 6.07) is 14.3. The fourth-order valence-corrected chi connectivity index (χ4v) is 3.67. The van der Waals surface area contributed by atoms with Gasteiger partial charge in [-0.15, -0.1) is 0 Å². The van der Waals surface area contributed by atoms with E-state index >= 15 is 0 Å². The van der Waals surface area contributed by atoms with Gasteiger partial charge in [-0.2, -0.15) is 0 Å². The molecule has 0 atom stereocenters. The van der Waals surface area contributed by atoms with Gasteiger partial charge in [-0.25, -0.2) is 13.2 Å². The summed E-state index contributed by atoms with van der Waals surface area (Å²) in [5.74, 6) is 0.0614. The average molecular weight is 344 g/mol. The van der Waals surface area contributed by atoms with Crippen molar-refractivity contribution < 1.29 is 13.2 Å². The lowest BCUT2D eigenvalue weighted by molar-refractivity contribution is 0.206. The van der Waals surface area contributed by atoms with E-state index in [9.17, 15) is 13.2 Å². The van der Waals surface area contributed by atoms with Crippen molar-refractivity contribution in [2.24, 2.45) is 0 Å². The number of amides is 2. The zero-order valence-corrected chi connectivity index (χ0v) is 14.3. The van der Waals surface area contributed by atoms with Crippen molar-refractivity contribution in [3.8, 4) is 0 Å². The predicted molar refractivity (Wildman–Crippen MR) is 93.7 cm³/mol. The number of rotatable bonds is 3. The summed E-state index contributed by atoms with van der Waals surface area (Å²) in [5.41, 5.74) is 3.05. The lowest BCUT2D eigenvalue weighted by Gasteiger charge is -2.29. The molecule has 1 heterocycles. The van der Waals surface area contributed by atoms with E-state index in [-0.39, 0.29) is 16.7 Å². The number of carbonyl (C=O) groups excluding carboxylic acids is 1. The Hall–Kier alpha value is -2.34. The highest BCUT2D eigenvalue weighted by molar-refractivity contribution is 7.91. The normalized spacial score (nSPS) is 14.1. The second-order valence-electron chi connectivity index (χ2n) is 5.80. The van der Waals surface area contributed by atoms with Crippen LogP contribution in [0.1, 0.15) is 18.1 Å². The fourth-order valence-electron chi connectivity index (χ4n) is 2.78. The van der Waals surface area contributed by atoms with E-state index in [4.69, 9.17) is 0 Å². The molecule has 1 aliphatic heterocycles. The molecular weight excluding hydrogens is 324 g/mol. The number of benzene rings is 2. The van der Waals surface area contributed by atoms with E-state index < -0.39 is 9.84 Å². The second kappa shape index (κ2) is 6.65. The van der Waals surface area contributed by atoms with Gasteiger partial charge in [0.2, 0.25) is 0 Å². The van der Waals surface area contributed by atoms with Crippen LogP contribution in [0.15, 0.2) is 53.4 Å². The Morgan fingerprint density at radius 2 is 1.75 bits per heavy atom. The van der Waals surface area contributed by atoms with Crippen molar-refractivity contribution in [1.82, 2.24) is 4.90 Å². The molecule has 0 radical (unpaired) electrons. The maximum atomic E-state index is 12.4. The van der Waals surface area contributed by atoms with Crippen molar-refractivity contribution in [3.63, 3.8) is 0 Å². The summed E-state index contributed by atoms with van der Waals surface area (Å²) in [4.78, 5) is 14.4. The summed E-state index contributed by atoms with van der Waals surface area (Å²) in [5, 5.41) is 2.83. The summed E-state index contributed by atoms with van der Waals surface area (Å²) in [6.07, 6.45) is 0.845. The first-order chi connectivity index (χ1) is 11.5. The molecule has 0 aromatic heterocycles. The van der Waals surface area contributed by atoms with Gasteiger partial charge in [0.25, 0.3) is 0 Å². The quantitative estimate of drug-likeness (QED) is 0.930. The first-order valence-corrected chi connectivity index (χ1v) is 9.60. The molecule has 2 aromatic carbocycles. The summed E-state index contributed by atoms with van der Waals surface area (Å²) in [6.45, 7) is 2.87. The minimum absolute atomic E-state index is 0.0614. The molecule has 0 aliphatic carbocycles. The second-order valence-corrected chi connectivity index (χ2v) is 8.08. The van der Waals surface area contributed by atoms with Gasteiger partial charge in [0.1, 0.15) is 0 Å². The molecule has 0 fully saturated rings. The van der Waals surface area contributed by atoms with Crippen LogP contribution in [-0.2, 0) is 22.8 Å². The highest BCUT2D eigenvalue weighted by atomic mass is 32.2. The van der Waals surface area contributed by atoms with Crippen LogP contribution in [0.2, 0.25) is 0 Å². The number of urea groups is 1. The topological polar surface area (TPSA) is 66.5 Å². The SMILES string of the molecule is CCS(=O)(=O)c1ccc(NC(=O)N2CCc3ccccc3C2)cc1. The van der Waals surface area contributed by atoms with Crippen molar-refractivity contribution >= 4 is 21.6 Å². The molecule has 1 aliphatic rings. The van der Waals surface area contributed by atoms with E-state index in [1.54, 1.807) is 24.0 Å². The van der Waals surface area contributed by atoms with Crippen molar-refractivity contribution in [1.29, 1.82) is 0 Å². The van der Waals surface area contributed by atoms with Gasteiger partial charge in [0, 0.05) is 18.8 Å². The Balaban J connectivity index is 1.68. The maximum absolute atomic E-state index is 12.4. The number of hydrogen-bond acceptors (Lipinski definition) is 3. The monoisotopic (exact) mass is 344 g/mol. The standard InChI is InChI=1S/C18H20N2O3S/c1-2-24(22,23)17-9-7-16(8-10-17)19-18(21)20-12-11-14-5-3-4-6-15(14)13-20/h3-10H,2,11-13H2,1H3,(H,19,21). The van der Waals surface area contributed by atoms with Gasteiger partial charge in [-0.3, -0.25) is 0 Å². The third-order valence-electron chi connectivity index (χ3n) is 4.26. The highest BCUT2D eigenvalue weighted by Crippen LogP contribution is 2.20. The van der Waals surface area contributed by atoms with E-state index in [2.05, 4.69) is 11.4 Å². The lowest BCUT2D eigenvalue weighted by Crippen LogP contribution is -2.38. The Kier molecular flexibility index (Phi) is 4.57. The first kappa shape index (κ1) is 16.5. The van der Waals surface area contributed by atoms with Crippen LogP contribution in [0.25, 0.3) is 0 Å². The van der Waals surface area contributed by atoms with Crippen LogP contribution < -0.4 is 5.32 Å². The molecule has 1 N–H and O–H groups in total. The molecule has 3 rings (SSSR count). The van der Waals surface area contributed by atoms with E-state index in [0.717, 1.165) is 6.42 Å². The minimum atomic E-state index is -3.22. The Bertz CT molecular complexity index is 845. The van der Waals surface area contributed by atoms with Crippen LogP contribution >= 0.6 is 0 Å². The smallest absolute Gasteiger partial charge is 0.320 e. The molecule has 5 nitrogen and oxygen atoms in total. The van der Waals surface area contributed by atoms with Crippen molar-refractivity contribution in [2.45, 2.75) is 24.8 Å². The zero-order chi connectivity index (χ0) is 17.2. The van der Waals surface area contributed by atoms with E-state index in [1.807, 2.05) is 18.2 Å². The molecular formula is C18H20N2O3S. The number of sulfone groups is 1. The number of fused-ring (bicyclic) bond motifs is 1. The highest BCUT2D eigenvalue weighted by Gasteiger charge is 2.20. The average Bonchev–Trinajstić information content (AvgIpc) is 2.61. The van der Waals surface area contributed by atoms with Crippen LogP contribution in [0.4, 0.5) is 10.5 Å². The molecule has 0 saturated carbocycles. The molecule has 24 heavy (non-hydrogen) atoms. The summed E-state index contributed by atoms with van der Waals surface area (Å²) >= 11 is 0. The third-order valence-corrected chi connectivity index (χ3v) is 6.01. The molecule has 0 spiro atoms. The van der Waals surface area contributed by atoms with E-state index in [1.165, 1.54) is 23.3 Å². The van der Waals surface area contributed by atoms with Gasteiger partial charge >= 0.3 is 6.03 Å². The van der Waals surface area contributed by atoms with Gasteiger partial charge in [0.15, 0.2) is 9.84 Å². The van der Waals surface area contributed by atoms with Crippen LogP contribution in [0.5, 0.6) is 0 Å². The molecule has 0 unspecified atom stereocenters. The predicted octanol–water partition coefficient (Wildman–Crippen LogP) is 3.07. The number of nitrogens with one attached hydrogen (secondary N) is 1. The number of anilines is 1. The zero-order valence-electron chi connectivity index (χ0n) is 13.5. The molecule has 2 amide bonds. The molecule has 6 heteroatoms. The van der Waals surface area contributed by atoms with Gasteiger partial charge in [0.05, 0.1) is 10.6 Å².